The van der Waals surface area contributed by atoms with E-state index >= 15 is 0 Å². The maximum Gasteiger partial charge on any atom is -0.0683 e. The van der Waals surface area contributed by atoms with Gasteiger partial charge in [-0.1, -0.05) is 27.7 Å². The van der Waals surface area contributed by atoms with Crippen LogP contribution in [0.3, 0.4) is 0 Å². The summed E-state index contributed by atoms with van der Waals surface area (Å²) in [5.74, 6) is 0. The second-order valence-electron chi connectivity index (χ2n) is 0.236. The van der Waals surface area contributed by atoms with E-state index in [2.05, 4.69) is 0 Å². The van der Waals surface area contributed by atoms with Gasteiger partial charge in [0.25, 0.3) is 0 Å². The van der Waals surface area contributed by atoms with Gasteiger partial charge in [-0.15, -0.1) is 0 Å². The maximum absolute atomic E-state index is 8.81. The molecule has 0 atom stereocenters. The molecule has 0 radical (unpaired) electrons. The fraction of sp³-hybridized carbons (Fsp3) is 1.00. The van der Waals surface area contributed by atoms with E-state index in [1.165, 1.54) is 6.82 Å². The summed E-state index contributed by atoms with van der Waals surface area (Å²) in [7, 11) is 0.750. The van der Waals surface area contributed by atoms with Crippen molar-refractivity contribution in [2.24, 2.45) is 0 Å². The summed E-state index contributed by atoms with van der Waals surface area (Å²) < 4.78 is 8.81. The Morgan fingerprint density at radius 1 is 1.00 bits per heavy atom. The minimum atomic E-state index is 0.750. The molecule has 0 unspecified atom stereocenters. The van der Waals surface area contributed by atoms with Crippen molar-refractivity contribution in [2.75, 3.05) is 0 Å². The van der Waals surface area contributed by atoms with Gasteiger partial charge in [0, 0.05) is 0 Å². The standard InChI is InChI=1S/2C2H6.CH3BO/c2*1-2;1-2-3/h2*1-2H3;1H3. The molecule has 1 nitrogen and oxygen atoms in total. The third kappa shape index (κ3) is 4800. The van der Waals surface area contributed by atoms with Gasteiger partial charge >= 0.3 is 18.7 Å². The van der Waals surface area contributed by atoms with E-state index in [9.17, 15) is 0 Å². The van der Waals surface area contributed by atoms with Crippen LogP contribution in [0.4, 0.5) is 0 Å². The van der Waals surface area contributed by atoms with E-state index in [1.807, 2.05) is 27.7 Å². The molecule has 0 heterocycles. The van der Waals surface area contributed by atoms with Gasteiger partial charge in [0.1, 0.15) is 0 Å². The quantitative estimate of drug-likeness (QED) is 0.428. The van der Waals surface area contributed by atoms with Crippen LogP contribution < -0.4 is 0 Å². The molecule has 0 spiro atoms. The molecule has 0 rings (SSSR count). The Morgan fingerprint density at radius 2 is 1.00 bits per heavy atom. The molecule has 0 aliphatic rings. The summed E-state index contributed by atoms with van der Waals surface area (Å²) in [5.41, 5.74) is 0. The second kappa shape index (κ2) is 186. The van der Waals surface area contributed by atoms with Crippen LogP contribution in [-0.2, 0) is 4.70 Å². The second-order valence-corrected chi connectivity index (χ2v) is 0.236. The molecule has 0 aromatic heterocycles. The summed E-state index contributed by atoms with van der Waals surface area (Å²) in [6.07, 6.45) is 0. The zero-order valence-corrected chi connectivity index (χ0v) is 5.99. The molecule has 0 aromatic carbocycles. The maximum atomic E-state index is 8.81. The summed E-state index contributed by atoms with van der Waals surface area (Å²) in [5, 5.41) is 0. The largest absolute Gasteiger partial charge is 0.0683 e. The number of rotatable bonds is 0. The Balaban J connectivity index is -0.0000000360. The minimum absolute atomic E-state index is 0.750. The predicted molar refractivity (Wildman–Crippen MR) is 35.0 cm³/mol. The average Bonchev–Trinajstić information content (AvgIpc) is 1.78. The Bertz CT molecular complexity index is 15.6. The van der Waals surface area contributed by atoms with E-state index in [1.54, 1.807) is 0 Å². The van der Waals surface area contributed by atoms with Crippen LogP contribution in [0.25, 0.3) is 0 Å². The fourth-order valence-corrected chi connectivity index (χ4v) is 0. The monoisotopic (exact) mass is 102 g/mol. The van der Waals surface area contributed by atoms with Gasteiger partial charge in [-0.2, -0.15) is 0 Å². The summed E-state index contributed by atoms with van der Waals surface area (Å²) in [6.45, 7) is 9.44. The van der Waals surface area contributed by atoms with Crippen molar-refractivity contribution in [3.63, 3.8) is 0 Å². The van der Waals surface area contributed by atoms with Gasteiger partial charge in [-0.05, 0) is 0 Å². The molecular formula is C5H15BO. The Morgan fingerprint density at radius 3 is 1.00 bits per heavy atom. The molecule has 2 heteroatoms. The minimum Gasteiger partial charge on any atom is -0.0683 e. The van der Waals surface area contributed by atoms with Gasteiger partial charge in [0.2, 0.25) is 0 Å². The fourth-order valence-electron chi connectivity index (χ4n) is 0. The van der Waals surface area contributed by atoms with E-state index in [0.717, 1.165) is 7.15 Å². The molecule has 0 N–H and O–H groups in total. The smallest absolute Gasteiger partial charge is 0.0683 e. The third-order valence-electron chi connectivity index (χ3n) is 0. The van der Waals surface area contributed by atoms with Gasteiger partial charge < -0.3 is 0 Å². The van der Waals surface area contributed by atoms with E-state index < -0.39 is 0 Å². The molecule has 0 bridgehead atoms. The summed E-state index contributed by atoms with van der Waals surface area (Å²) >= 11 is 0. The molecule has 0 fully saturated rings. The molecule has 0 saturated heterocycles. The van der Waals surface area contributed by atoms with Crippen LogP contribution in [0.5, 0.6) is 0 Å². The molecule has 7 heavy (non-hydrogen) atoms. The zero-order chi connectivity index (χ0) is 6.71. The van der Waals surface area contributed by atoms with Gasteiger partial charge in [-0.25, -0.2) is 0 Å². The van der Waals surface area contributed by atoms with Crippen LogP contribution in [0, 0.1) is 0 Å². The summed E-state index contributed by atoms with van der Waals surface area (Å²) in [6, 6.07) is 0. The first-order valence-corrected chi connectivity index (χ1v) is 2.81. The van der Waals surface area contributed by atoms with Crippen LogP contribution in [-0.4, -0.2) is 7.15 Å². The van der Waals surface area contributed by atoms with Gasteiger partial charge in [-0.3, -0.25) is 0 Å². The van der Waals surface area contributed by atoms with Crippen molar-refractivity contribution in [1.82, 2.24) is 0 Å². The molecule has 0 aliphatic carbocycles. The van der Waals surface area contributed by atoms with E-state index in [4.69, 9.17) is 4.70 Å². The first-order chi connectivity index (χ1) is 3.41. The van der Waals surface area contributed by atoms with Crippen LogP contribution in [0.1, 0.15) is 27.7 Å². The number of hydrogen-bond acceptors (Lipinski definition) is 1. The molecular weight excluding hydrogens is 86.9 g/mol. The van der Waals surface area contributed by atoms with Crippen molar-refractivity contribution in [3.8, 4) is 0 Å². The van der Waals surface area contributed by atoms with Crippen molar-refractivity contribution in [3.05, 3.63) is 0 Å². The first kappa shape index (κ1) is 15.8. The van der Waals surface area contributed by atoms with Crippen LogP contribution in [0.2, 0.25) is 6.82 Å². The topological polar surface area (TPSA) is 17.1 Å². The van der Waals surface area contributed by atoms with Gasteiger partial charge in [0.15, 0.2) is 0 Å². The Labute approximate surface area is 47.4 Å². The zero-order valence-electron chi connectivity index (χ0n) is 5.99. The van der Waals surface area contributed by atoms with Crippen LogP contribution in [0.15, 0.2) is 0 Å². The van der Waals surface area contributed by atoms with Crippen molar-refractivity contribution in [1.29, 1.82) is 0 Å². The first-order valence-electron chi connectivity index (χ1n) is 2.81. The van der Waals surface area contributed by atoms with E-state index in [0.29, 0.717) is 0 Å². The number of hydrogen-bond donors (Lipinski definition) is 0. The SMILES string of the molecule is CB=O.CC.CC. The van der Waals surface area contributed by atoms with Gasteiger partial charge in [0.05, 0.1) is 0 Å². The molecule has 0 amide bonds. The molecule has 0 aliphatic heterocycles. The van der Waals surface area contributed by atoms with Crippen molar-refractivity contribution < 1.29 is 4.70 Å². The Kier molecular flexibility index (Phi) is 419. The van der Waals surface area contributed by atoms with E-state index in [-0.39, 0.29) is 0 Å². The molecule has 0 aromatic rings. The van der Waals surface area contributed by atoms with Crippen LogP contribution >= 0.6 is 0 Å². The molecule has 0 saturated carbocycles. The third-order valence-corrected chi connectivity index (χ3v) is 0. The normalized spacial score (nSPS) is 3.00. The van der Waals surface area contributed by atoms with Crippen molar-refractivity contribution in [2.45, 2.75) is 34.5 Å². The molecule has 44 valence electrons. The average molecular weight is 102 g/mol. The Hall–Kier alpha value is -0.135. The van der Waals surface area contributed by atoms with Crippen molar-refractivity contribution >= 4 is 7.15 Å². The predicted octanol–water partition coefficient (Wildman–Crippen LogP) is 2.14. The summed E-state index contributed by atoms with van der Waals surface area (Å²) in [4.78, 5) is 0.